The first kappa shape index (κ1) is 14.4. The summed E-state index contributed by atoms with van der Waals surface area (Å²) in [4.78, 5) is 25.7. The SMILES string of the molecule is Nc1sc2c(c1C(=O)Nc1ccccc1)CCN(C(=O)O)C2. The van der Waals surface area contributed by atoms with Crippen molar-refractivity contribution >= 4 is 34.0 Å². The van der Waals surface area contributed by atoms with Gasteiger partial charge in [-0.15, -0.1) is 11.3 Å². The number of fused-ring (bicyclic) bond motifs is 1. The number of hydrogen-bond donors (Lipinski definition) is 3. The summed E-state index contributed by atoms with van der Waals surface area (Å²) < 4.78 is 0. The molecular weight excluding hydrogens is 302 g/mol. The van der Waals surface area contributed by atoms with E-state index in [-0.39, 0.29) is 12.5 Å². The van der Waals surface area contributed by atoms with Crippen molar-refractivity contribution < 1.29 is 14.7 Å². The lowest BCUT2D eigenvalue weighted by Gasteiger charge is -2.24. The van der Waals surface area contributed by atoms with Crippen molar-refractivity contribution in [1.29, 1.82) is 0 Å². The number of anilines is 2. The maximum absolute atomic E-state index is 12.5. The fourth-order valence-electron chi connectivity index (χ4n) is 2.55. The third-order valence-corrected chi connectivity index (χ3v) is 4.66. The van der Waals surface area contributed by atoms with E-state index in [2.05, 4.69) is 5.32 Å². The van der Waals surface area contributed by atoms with Crippen LogP contribution in [0.4, 0.5) is 15.5 Å². The molecule has 2 aromatic rings. The molecule has 1 aliphatic rings. The van der Waals surface area contributed by atoms with Gasteiger partial charge in [-0.2, -0.15) is 0 Å². The summed E-state index contributed by atoms with van der Waals surface area (Å²) in [7, 11) is 0. The van der Waals surface area contributed by atoms with E-state index >= 15 is 0 Å². The van der Waals surface area contributed by atoms with E-state index in [4.69, 9.17) is 10.8 Å². The number of nitrogens with two attached hydrogens (primary N) is 1. The molecule has 6 nitrogen and oxygen atoms in total. The minimum Gasteiger partial charge on any atom is -0.465 e. The van der Waals surface area contributed by atoms with Crippen LogP contribution in [-0.4, -0.2) is 28.6 Å². The number of para-hydroxylation sites is 1. The molecule has 0 spiro atoms. The normalized spacial score (nSPS) is 13.5. The molecule has 2 amide bonds. The van der Waals surface area contributed by atoms with E-state index in [1.807, 2.05) is 18.2 Å². The predicted molar refractivity (Wildman–Crippen MR) is 85.3 cm³/mol. The van der Waals surface area contributed by atoms with Gasteiger partial charge in [0.05, 0.1) is 17.1 Å². The number of hydrogen-bond acceptors (Lipinski definition) is 4. The molecule has 0 saturated heterocycles. The Hall–Kier alpha value is -2.54. The third-order valence-electron chi connectivity index (χ3n) is 3.61. The molecular formula is C15H15N3O3S. The van der Waals surface area contributed by atoms with Gasteiger partial charge in [0.1, 0.15) is 0 Å². The average molecular weight is 317 g/mol. The zero-order chi connectivity index (χ0) is 15.7. The topological polar surface area (TPSA) is 95.7 Å². The van der Waals surface area contributed by atoms with Crippen LogP contribution in [0.5, 0.6) is 0 Å². The van der Waals surface area contributed by atoms with Crippen molar-refractivity contribution in [2.75, 3.05) is 17.6 Å². The van der Waals surface area contributed by atoms with Gasteiger partial charge in [0.25, 0.3) is 5.91 Å². The Kier molecular flexibility index (Phi) is 3.72. The number of rotatable bonds is 2. The highest BCUT2D eigenvalue weighted by molar-refractivity contribution is 7.16. The van der Waals surface area contributed by atoms with Crippen LogP contribution >= 0.6 is 11.3 Å². The smallest absolute Gasteiger partial charge is 0.407 e. The molecule has 0 saturated carbocycles. The van der Waals surface area contributed by atoms with Crippen LogP contribution in [0.2, 0.25) is 0 Å². The van der Waals surface area contributed by atoms with Gasteiger partial charge < -0.3 is 21.1 Å². The lowest BCUT2D eigenvalue weighted by molar-refractivity contribution is 0.102. The Labute approximate surface area is 131 Å². The molecule has 114 valence electrons. The second-order valence-corrected chi connectivity index (χ2v) is 6.15. The van der Waals surface area contributed by atoms with Gasteiger partial charge in [0.15, 0.2) is 0 Å². The Morgan fingerprint density at radius 1 is 1.27 bits per heavy atom. The van der Waals surface area contributed by atoms with Gasteiger partial charge in [0, 0.05) is 17.1 Å². The molecule has 0 bridgehead atoms. The fraction of sp³-hybridized carbons (Fsp3) is 0.200. The first-order valence-electron chi connectivity index (χ1n) is 6.80. The van der Waals surface area contributed by atoms with Crippen molar-refractivity contribution in [3.63, 3.8) is 0 Å². The Bertz CT molecular complexity index is 727. The van der Waals surface area contributed by atoms with Crippen molar-refractivity contribution in [3.8, 4) is 0 Å². The largest absolute Gasteiger partial charge is 0.465 e. The van der Waals surface area contributed by atoms with Crippen LogP contribution in [0.25, 0.3) is 0 Å². The van der Waals surface area contributed by atoms with Crippen molar-refractivity contribution in [2.24, 2.45) is 0 Å². The molecule has 1 aromatic carbocycles. The number of carbonyl (C=O) groups excluding carboxylic acids is 1. The molecule has 0 atom stereocenters. The highest BCUT2D eigenvalue weighted by Crippen LogP contribution is 2.35. The van der Waals surface area contributed by atoms with Crippen LogP contribution in [0.3, 0.4) is 0 Å². The first-order chi connectivity index (χ1) is 10.6. The molecule has 0 fully saturated rings. The van der Waals surface area contributed by atoms with Gasteiger partial charge in [-0.3, -0.25) is 4.79 Å². The monoisotopic (exact) mass is 317 g/mol. The van der Waals surface area contributed by atoms with Crippen LogP contribution < -0.4 is 11.1 Å². The van der Waals surface area contributed by atoms with Crippen LogP contribution in [0.1, 0.15) is 20.8 Å². The molecule has 4 N–H and O–H groups in total. The molecule has 1 aliphatic heterocycles. The Balaban J connectivity index is 1.86. The Morgan fingerprint density at radius 3 is 2.68 bits per heavy atom. The maximum Gasteiger partial charge on any atom is 0.407 e. The number of thiophene rings is 1. The van der Waals surface area contributed by atoms with E-state index in [0.717, 1.165) is 10.4 Å². The number of carbonyl (C=O) groups is 2. The second kappa shape index (κ2) is 5.69. The number of nitrogen functional groups attached to an aromatic ring is 1. The van der Waals surface area contributed by atoms with Gasteiger partial charge in [-0.1, -0.05) is 18.2 Å². The van der Waals surface area contributed by atoms with Crippen LogP contribution in [-0.2, 0) is 13.0 Å². The second-order valence-electron chi connectivity index (χ2n) is 5.02. The summed E-state index contributed by atoms with van der Waals surface area (Å²) in [6.07, 6.45) is -0.444. The molecule has 0 radical (unpaired) electrons. The summed E-state index contributed by atoms with van der Waals surface area (Å²) in [5, 5.41) is 12.3. The van der Waals surface area contributed by atoms with Crippen molar-refractivity contribution in [1.82, 2.24) is 4.90 Å². The summed E-state index contributed by atoms with van der Waals surface area (Å²) in [6, 6.07) is 9.16. The van der Waals surface area contributed by atoms with E-state index in [9.17, 15) is 9.59 Å². The molecule has 3 rings (SSSR count). The number of nitrogens with zero attached hydrogens (tertiary/aromatic N) is 1. The zero-order valence-electron chi connectivity index (χ0n) is 11.7. The maximum atomic E-state index is 12.5. The van der Waals surface area contributed by atoms with E-state index in [1.54, 1.807) is 12.1 Å². The van der Waals surface area contributed by atoms with E-state index in [1.165, 1.54) is 16.2 Å². The third kappa shape index (κ3) is 2.62. The lowest BCUT2D eigenvalue weighted by Crippen LogP contribution is -2.34. The zero-order valence-corrected chi connectivity index (χ0v) is 12.5. The van der Waals surface area contributed by atoms with Gasteiger partial charge in [-0.25, -0.2) is 4.79 Å². The van der Waals surface area contributed by atoms with Crippen LogP contribution in [0.15, 0.2) is 30.3 Å². The minimum atomic E-state index is -0.951. The van der Waals surface area contributed by atoms with E-state index in [0.29, 0.717) is 29.2 Å². The number of benzene rings is 1. The number of nitrogens with one attached hydrogen (secondary N) is 1. The molecule has 1 aromatic heterocycles. The minimum absolute atomic E-state index is 0.245. The summed E-state index contributed by atoms with van der Waals surface area (Å²) >= 11 is 1.29. The number of carboxylic acid groups (broad SMARTS) is 1. The average Bonchev–Trinajstić information content (AvgIpc) is 2.83. The highest BCUT2D eigenvalue weighted by Gasteiger charge is 2.28. The summed E-state index contributed by atoms with van der Waals surface area (Å²) in [5.41, 5.74) is 8.04. The molecule has 0 aliphatic carbocycles. The van der Waals surface area contributed by atoms with Crippen LogP contribution in [0, 0.1) is 0 Å². The van der Waals surface area contributed by atoms with Gasteiger partial charge >= 0.3 is 6.09 Å². The Morgan fingerprint density at radius 2 is 2.00 bits per heavy atom. The van der Waals surface area contributed by atoms with E-state index < -0.39 is 6.09 Å². The molecule has 22 heavy (non-hydrogen) atoms. The highest BCUT2D eigenvalue weighted by atomic mass is 32.1. The van der Waals surface area contributed by atoms with Crippen molar-refractivity contribution in [2.45, 2.75) is 13.0 Å². The fourth-order valence-corrected chi connectivity index (χ4v) is 3.68. The first-order valence-corrected chi connectivity index (χ1v) is 7.62. The summed E-state index contributed by atoms with van der Waals surface area (Å²) in [5.74, 6) is -0.245. The van der Waals surface area contributed by atoms with Gasteiger partial charge in [0.2, 0.25) is 0 Å². The molecule has 2 heterocycles. The lowest BCUT2D eigenvalue weighted by atomic mass is 10.0. The molecule has 7 heteroatoms. The summed E-state index contributed by atoms with van der Waals surface area (Å²) in [6.45, 7) is 0.669. The van der Waals surface area contributed by atoms with Crippen molar-refractivity contribution in [3.05, 3.63) is 46.3 Å². The quantitative estimate of drug-likeness (QED) is 0.793. The molecule has 0 unspecified atom stereocenters. The standard InChI is InChI=1S/C15H15N3O3S/c16-13-12(14(19)17-9-4-2-1-3-5-9)10-6-7-18(15(20)21)8-11(10)22-13/h1-5H,6-8,16H2,(H,17,19)(H,20,21). The van der Waals surface area contributed by atoms with Gasteiger partial charge in [-0.05, 0) is 24.1 Å². The number of amides is 2. The predicted octanol–water partition coefficient (Wildman–Crippen LogP) is 2.62.